The van der Waals surface area contributed by atoms with Crippen LogP contribution in [0.3, 0.4) is 0 Å². The third-order valence-electron chi connectivity index (χ3n) is 0.630. The van der Waals surface area contributed by atoms with Gasteiger partial charge in [-0.3, -0.25) is 4.79 Å². The molecule has 0 spiro atoms. The van der Waals surface area contributed by atoms with Gasteiger partial charge in [-0.25, -0.2) is 0 Å². The Balaban J connectivity index is 0. The molecular weight excluding hydrogens is 90.1 g/mol. The Labute approximate surface area is 45.1 Å². The van der Waals surface area contributed by atoms with Crippen molar-refractivity contribution in [3.8, 4) is 0 Å². The lowest BCUT2D eigenvalue weighted by molar-refractivity contribution is -0.126. The first-order valence-electron chi connectivity index (χ1n) is 1.82. The normalized spacial score (nSPS) is 6.71. The molecule has 0 aliphatic rings. The maximum atomic E-state index is 10.1. The summed E-state index contributed by atoms with van der Waals surface area (Å²) in [6.45, 7) is 1.53. The van der Waals surface area contributed by atoms with Gasteiger partial charge < -0.3 is 4.90 Å². The third-order valence-corrected chi connectivity index (χ3v) is 0.630. The van der Waals surface area contributed by atoms with E-state index >= 15 is 0 Å². The number of carbonyl (C=O) groups excluding carboxylic acids is 1. The minimum absolute atomic E-state index is 0. The predicted molar refractivity (Wildman–Crippen MR) is 30.8 cm³/mol. The zero-order valence-electron chi connectivity index (χ0n) is 5.36. The molecule has 1 amide bonds. The molecule has 0 aliphatic heterocycles. The number of carbonyl (C=O) groups is 1. The SMILES string of the molecule is CC(=O)N(C)C.[CH3]. The summed E-state index contributed by atoms with van der Waals surface area (Å²) in [5.74, 6) is 0.0926. The van der Waals surface area contributed by atoms with Gasteiger partial charge in [0.05, 0.1) is 0 Å². The van der Waals surface area contributed by atoms with E-state index in [0.29, 0.717) is 0 Å². The summed E-state index contributed by atoms with van der Waals surface area (Å²) in [6, 6.07) is 0. The van der Waals surface area contributed by atoms with E-state index in [2.05, 4.69) is 0 Å². The van der Waals surface area contributed by atoms with E-state index in [0.717, 1.165) is 0 Å². The molecule has 0 aliphatic carbocycles. The minimum atomic E-state index is 0. The van der Waals surface area contributed by atoms with Gasteiger partial charge in [-0.1, -0.05) is 7.43 Å². The molecule has 0 heterocycles. The Morgan fingerprint density at radius 1 is 1.43 bits per heavy atom. The first-order valence-corrected chi connectivity index (χ1v) is 1.82. The van der Waals surface area contributed by atoms with Crippen molar-refractivity contribution < 1.29 is 4.79 Å². The van der Waals surface area contributed by atoms with Gasteiger partial charge >= 0.3 is 0 Å². The van der Waals surface area contributed by atoms with E-state index in [9.17, 15) is 4.79 Å². The van der Waals surface area contributed by atoms with Gasteiger partial charge in [0.25, 0.3) is 0 Å². The van der Waals surface area contributed by atoms with Gasteiger partial charge in [-0.2, -0.15) is 0 Å². The Bertz CT molecular complexity index is 59.1. The summed E-state index contributed by atoms with van der Waals surface area (Å²) >= 11 is 0. The van der Waals surface area contributed by atoms with Crippen LogP contribution in [-0.2, 0) is 4.79 Å². The molecule has 0 aromatic rings. The van der Waals surface area contributed by atoms with Crippen LogP contribution in [0.25, 0.3) is 0 Å². The standard InChI is InChI=1S/C4H9NO.CH3/c1-4(6)5(2)3;/h1-3H3;1H3. The maximum Gasteiger partial charge on any atom is 0.218 e. The lowest BCUT2D eigenvalue weighted by Gasteiger charge is -2.02. The fourth-order valence-electron chi connectivity index (χ4n) is 0. The molecule has 0 unspecified atom stereocenters. The highest BCUT2D eigenvalue weighted by Crippen LogP contribution is 1.69. The summed E-state index contributed by atoms with van der Waals surface area (Å²) in [5.41, 5.74) is 0. The van der Waals surface area contributed by atoms with Crippen molar-refractivity contribution in [2.75, 3.05) is 14.1 Å². The molecule has 1 radical (unpaired) electrons. The summed E-state index contributed by atoms with van der Waals surface area (Å²) < 4.78 is 0. The zero-order valence-corrected chi connectivity index (χ0v) is 5.36. The van der Waals surface area contributed by atoms with Crippen molar-refractivity contribution in [2.45, 2.75) is 6.92 Å². The molecule has 0 aromatic heterocycles. The summed E-state index contributed by atoms with van der Waals surface area (Å²) in [6.07, 6.45) is 0. The first-order chi connectivity index (χ1) is 2.64. The molecule has 0 saturated carbocycles. The second kappa shape index (κ2) is 3.65. The maximum absolute atomic E-state index is 10.1. The summed E-state index contributed by atoms with van der Waals surface area (Å²) in [5, 5.41) is 0. The molecule has 0 bridgehead atoms. The van der Waals surface area contributed by atoms with Crippen LogP contribution in [0.15, 0.2) is 0 Å². The number of hydrogen-bond donors (Lipinski definition) is 0. The van der Waals surface area contributed by atoms with Gasteiger partial charge in [0.15, 0.2) is 0 Å². The Hall–Kier alpha value is -0.530. The molecule has 2 nitrogen and oxygen atoms in total. The average molecular weight is 102 g/mol. The molecule has 7 heavy (non-hydrogen) atoms. The Kier molecular flexibility index (Phi) is 5.06. The number of rotatable bonds is 0. The van der Waals surface area contributed by atoms with E-state index in [1.54, 1.807) is 14.1 Å². The fourth-order valence-corrected chi connectivity index (χ4v) is 0. The highest BCUT2D eigenvalue weighted by Gasteiger charge is 1.87. The Morgan fingerprint density at radius 2 is 1.57 bits per heavy atom. The van der Waals surface area contributed by atoms with Crippen molar-refractivity contribution >= 4 is 5.91 Å². The number of nitrogens with zero attached hydrogens (tertiary/aromatic N) is 1. The fraction of sp³-hybridized carbons (Fsp3) is 0.600. The molecule has 0 N–H and O–H groups in total. The second-order valence-corrected chi connectivity index (χ2v) is 1.41. The van der Waals surface area contributed by atoms with Crippen LogP contribution < -0.4 is 0 Å². The minimum Gasteiger partial charge on any atom is -0.349 e. The lowest BCUT2D eigenvalue weighted by atomic mass is 10.7. The van der Waals surface area contributed by atoms with Crippen LogP contribution in [0.4, 0.5) is 0 Å². The highest BCUT2D eigenvalue weighted by molar-refractivity contribution is 5.72. The van der Waals surface area contributed by atoms with Crippen molar-refractivity contribution in [1.29, 1.82) is 0 Å². The smallest absolute Gasteiger partial charge is 0.218 e. The molecule has 0 aromatic carbocycles. The Morgan fingerprint density at radius 3 is 1.57 bits per heavy atom. The van der Waals surface area contributed by atoms with Gasteiger partial charge in [-0.05, 0) is 0 Å². The largest absolute Gasteiger partial charge is 0.349 e. The van der Waals surface area contributed by atoms with Gasteiger partial charge in [0.2, 0.25) is 5.91 Å². The molecule has 0 saturated heterocycles. The second-order valence-electron chi connectivity index (χ2n) is 1.41. The zero-order chi connectivity index (χ0) is 5.15. The van der Waals surface area contributed by atoms with E-state index in [4.69, 9.17) is 0 Å². The molecular formula is C5H12NO. The molecule has 43 valence electrons. The molecule has 2 heteroatoms. The summed E-state index contributed by atoms with van der Waals surface area (Å²) in [7, 11) is 3.45. The number of amides is 1. The average Bonchev–Trinajstić information content (AvgIpc) is 1.36. The van der Waals surface area contributed by atoms with Crippen LogP contribution in [0.2, 0.25) is 0 Å². The van der Waals surface area contributed by atoms with Gasteiger partial charge in [0.1, 0.15) is 0 Å². The van der Waals surface area contributed by atoms with Crippen LogP contribution in [0.1, 0.15) is 6.92 Å². The molecule has 0 fully saturated rings. The van der Waals surface area contributed by atoms with Crippen LogP contribution in [-0.4, -0.2) is 24.9 Å². The first kappa shape index (κ1) is 9.69. The van der Waals surface area contributed by atoms with Crippen molar-refractivity contribution in [2.24, 2.45) is 0 Å². The third kappa shape index (κ3) is 5.47. The van der Waals surface area contributed by atoms with Crippen molar-refractivity contribution in [3.05, 3.63) is 7.43 Å². The lowest BCUT2D eigenvalue weighted by Crippen LogP contribution is -2.17. The highest BCUT2D eigenvalue weighted by atomic mass is 16.2. The molecule has 0 rings (SSSR count). The quantitative estimate of drug-likeness (QED) is 0.437. The van der Waals surface area contributed by atoms with Gasteiger partial charge in [0, 0.05) is 21.0 Å². The van der Waals surface area contributed by atoms with E-state index in [-0.39, 0.29) is 13.3 Å². The van der Waals surface area contributed by atoms with Gasteiger partial charge in [-0.15, -0.1) is 0 Å². The van der Waals surface area contributed by atoms with Crippen molar-refractivity contribution in [3.63, 3.8) is 0 Å². The predicted octanol–water partition coefficient (Wildman–Crippen LogP) is 0.545. The summed E-state index contributed by atoms with van der Waals surface area (Å²) in [4.78, 5) is 11.6. The molecule has 0 atom stereocenters. The van der Waals surface area contributed by atoms with E-state index in [1.807, 2.05) is 0 Å². The number of hydrogen-bond acceptors (Lipinski definition) is 1. The van der Waals surface area contributed by atoms with E-state index < -0.39 is 0 Å². The van der Waals surface area contributed by atoms with Crippen LogP contribution in [0.5, 0.6) is 0 Å². The monoisotopic (exact) mass is 102 g/mol. The van der Waals surface area contributed by atoms with Crippen molar-refractivity contribution in [1.82, 2.24) is 4.90 Å². The van der Waals surface area contributed by atoms with Crippen LogP contribution >= 0.6 is 0 Å². The topological polar surface area (TPSA) is 20.3 Å². The van der Waals surface area contributed by atoms with E-state index in [1.165, 1.54) is 11.8 Å². The van der Waals surface area contributed by atoms with Crippen LogP contribution in [0, 0.1) is 7.43 Å².